The monoisotopic (exact) mass is 454 g/mol. The summed E-state index contributed by atoms with van der Waals surface area (Å²) in [5, 5.41) is 18.5. The summed E-state index contributed by atoms with van der Waals surface area (Å²) < 4.78 is 0. The highest BCUT2D eigenvalue weighted by molar-refractivity contribution is 6.15. The lowest BCUT2D eigenvalue weighted by atomic mass is 9.86. The molecule has 0 atom stereocenters. The van der Waals surface area contributed by atoms with Gasteiger partial charge >= 0.3 is 5.97 Å². The van der Waals surface area contributed by atoms with Gasteiger partial charge in [-0.3, -0.25) is 14.4 Å². The van der Waals surface area contributed by atoms with E-state index in [0.717, 1.165) is 49.7 Å². The van der Waals surface area contributed by atoms with Crippen molar-refractivity contribution >= 4 is 17.5 Å². The molecule has 0 unspecified atom stereocenters. The first-order valence-corrected chi connectivity index (χ1v) is 11.9. The predicted octanol–water partition coefficient (Wildman–Crippen LogP) is 5.66. The van der Waals surface area contributed by atoms with Crippen LogP contribution >= 0.6 is 0 Å². The van der Waals surface area contributed by atoms with E-state index in [-0.39, 0.29) is 23.6 Å². The molecular weight excluding hydrogens is 416 g/mol. The standard InChI is InChI=1S/C28H38O5/c1-27(2,19-29)17-7-5-9-20-11-13-22(24(20)30)15-16-23-14-12-21(25(23)31)10-6-8-18-28(3,4)26(32)33/h11-16,29H,5-10,17-19H2,1-4H3,(H,32,33)/b16-15-. The van der Waals surface area contributed by atoms with Crippen molar-refractivity contribution < 1.29 is 24.6 Å². The molecule has 5 nitrogen and oxygen atoms in total. The second kappa shape index (κ2) is 11.6. The SMILES string of the molecule is CC(C)(CO)CCCCC1=CC=C(/C=C\C2=CC=C(CCCCC(C)(C)C(=O)O)C2=O)C1=O. The first-order chi connectivity index (χ1) is 15.5. The highest BCUT2D eigenvalue weighted by atomic mass is 16.4. The van der Waals surface area contributed by atoms with Gasteiger partial charge in [-0.1, -0.05) is 63.1 Å². The number of unbranched alkanes of at least 4 members (excludes halogenated alkanes) is 2. The van der Waals surface area contributed by atoms with Gasteiger partial charge in [0, 0.05) is 28.9 Å². The first kappa shape index (κ1) is 26.7. The quantitative estimate of drug-likeness (QED) is 0.330. The summed E-state index contributed by atoms with van der Waals surface area (Å²) in [7, 11) is 0. The molecule has 0 aliphatic heterocycles. The van der Waals surface area contributed by atoms with Crippen molar-refractivity contribution in [2.45, 2.75) is 79.1 Å². The summed E-state index contributed by atoms with van der Waals surface area (Å²) in [5.74, 6) is -0.797. The molecule has 0 spiro atoms. The molecule has 33 heavy (non-hydrogen) atoms. The predicted molar refractivity (Wildman–Crippen MR) is 131 cm³/mol. The fraction of sp³-hybridized carbons (Fsp3) is 0.536. The number of carbonyl (C=O) groups is 3. The van der Waals surface area contributed by atoms with Crippen molar-refractivity contribution in [1.82, 2.24) is 0 Å². The van der Waals surface area contributed by atoms with Crippen LogP contribution in [0.15, 0.2) is 58.7 Å². The van der Waals surface area contributed by atoms with Gasteiger partial charge in [0.2, 0.25) is 0 Å². The Hall–Kier alpha value is -2.53. The van der Waals surface area contributed by atoms with Gasteiger partial charge in [-0.2, -0.15) is 0 Å². The third kappa shape index (κ3) is 7.78. The van der Waals surface area contributed by atoms with E-state index >= 15 is 0 Å². The van der Waals surface area contributed by atoms with E-state index in [1.54, 1.807) is 32.1 Å². The lowest BCUT2D eigenvalue weighted by Gasteiger charge is -2.21. The van der Waals surface area contributed by atoms with E-state index in [0.29, 0.717) is 24.0 Å². The number of carboxylic acids is 1. The molecule has 2 aliphatic carbocycles. The van der Waals surface area contributed by atoms with Crippen LogP contribution in [0, 0.1) is 10.8 Å². The van der Waals surface area contributed by atoms with E-state index in [2.05, 4.69) is 0 Å². The van der Waals surface area contributed by atoms with Gasteiger partial charge in [0.1, 0.15) is 0 Å². The van der Waals surface area contributed by atoms with Crippen LogP contribution in [0.4, 0.5) is 0 Å². The molecule has 5 heteroatoms. The zero-order chi connectivity index (χ0) is 24.6. The molecule has 180 valence electrons. The highest BCUT2D eigenvalue weighted by Crippen LogP contribution is 2.28. The number of carboxylic acid groups (broad SMARTS) is 1. The first-order valence-electron chi connectivity index (χ1n) is 11.9. The van der Waals surface area contributed by atoms with Crippen LogP contribution in [0.25, 0.3) is 0 Å². The Morgan fingerprint density at radius 3 is 1.67 bits per heavy atom. The maximum Gasteiger partial charge on any atom is 0.309 e. The number of aliphatic hydroxyl groups excluding tert-OH is 1. The van der Waals surface area contributed by atoms with Crippen LogP contribution in [0.3, 0.4) is 0 Å². The molecule has 0 fully saturated rings. The average Bonchev–Trinajstić information content (AvgIpc) is 3.29. The number of aliphatic carboxylic acids is 1. The van der Waals surface area contributed by atoms with Crippen molar-refractivity contribution in [3.05, 3.63) is 58.7 Å². The fourth-order valence-corrected chi connectivity index (χ4v) is 3.88. The van der Waals surface area contributed by atoms with Crippen LogP contribution in [-0.4, -0.2) is 34.4 Å². The Morgan fingerprint density at radius 1 is 0.788 bits per heavy atom. The molecule has 0 aromatic rings. The normalized spacial score (nSPS) is 16.9. The van der Waals surface area contributed by atoms with Gasteiger partial charge < -0.3 is 10.2 Å². The minimum atomic E-state index is -0.799. The number of hydrogen-bond donors (Lipinski definition) is 2. The Kier molecular flexibility index (Phi) is 9.35. The molecule has 2 rings (SSSR count). The van der Waals surface area contributed by atoms with Gasteiger partial charge in [-0.25, -0.2) is 0 Å². The molecule has 0 bridgehead atoms. The number of hydrogen-bond acceptors (Lipinski definition) is 4. The number of carbonyl (C=O) groups excluding carboxylic acids is 2. The number of allylic oxidation sites excluding steroid dienone is 10. The van der Waals surface area contributed by atoms with Gasteiger partial charge in [0.05, 0.1) is 5.41 Å². The van der Waals surface area contributed by atoms with Gasteiger partial charge in [-0.05, 0) is 57.8 Å². The van der Waals surface area contributed by atoms with Gasteiger partial charge in [0.25, 0.3) is 0 Å². The zero-order valence-electron chi connectivity index (χ0n) is 20.4. The highest BCUT2D eigenvalue weighted by Gasteiger charge is 2.26. The summed E-state index contributed by atoms with van der Waals surface area (Å²) in [4.78, 5) is 36.4. The topological polar surface area (TPSA) is 91.7 Å². The molecule has 2 aliphatic rings. The van der Waals surface area contributed by atoms with Crippen molar-refractivity contribution in [3.8, 4) is 0 Å². The number of ketones is 2. The van der Waals surface area contributed by atoms with Crippen molar-refractivity contribution in [2.75, 3.05) is 6.61 Å². The minimum absolute atomic E-state index is 0.0190. The van der Waals surface area contributed by atoms with Crippen LogP contribution in [-0.2, 0) is 14.4 Å². The molecule has 0 radical (unpaired) electrons. The summed E-state index contributed by atoms with van der Waals surface area (Å²) in [5.41, 5.74) is 1.88. The molecule has 2 N–H and O–H groups in total. The van der Waals surface area contributed by atoms with Crippen LogP contribution in [0.1, 0.15) is 79.1 Å². The number of rotatable bonds is 14. The smallest absolute Gasteiger partial charge is 0.309 e. The molecule has 0 aromatic carbocycles. The fourth-order valence-electron chi connectivity index (χ4n) is 3.88. The van der Waals surface area contributed by atoms with E-state index < -0.39 is 11.4 Å². The molecule has 0 heterocycles. The largest absolute Gasteiger partial charge is 0.481 e. The minimum Gasteiger partial charge on any atom is -0.481 e. The molecule has 0 saturated carbocycles. The van der Waals surface area contributed by atoms with E-state index in [9.17, 15) is 24.6 Å². The lowest BCUT2D eigenvalue weighted by Crippen LogP contribution is -2.23. The number of Topliss-reactive ketones (excluding diaryl/α,β-unsaturated/α-hetero) is 2. The van der Waals surface area contributed by atoms with Crippen molar-refractivity contribution in [1.29, 1.82) is 0 Å². The molecule has 0 aromatic heterocycles. The van der Waals surface area contributed by atoms with E-state index in [1.165, 1.54) is 0 Å². The second-order valence-electron chi connectivity index (χ2n) is 10.5. The molecule has 0 saturated heterocycles. The van der Waals surface area contributed by atoms with E-state index in [4.69, 9.17) is 0 Å². The Labute approximate surface area is 197 Å². The number of aliphatic hydroxyl groups is 1. The van der Waals surface area contributed by atoms with Crippen LogP contribution < -0.4 is 0 Å². The van der Waals surface area contributed by atoms with Gasteiger partial charge in [0.15, 0.2) is 11.6 Å². The summed E-state index contributed by atoms with van der Waals surface area (Å²) in [6.07, 6.45) is 17.0. The average molecular weight is 455 g/mol. The summed E-state index contributed by atoms with van der Waals surface area (Å²) >= 11 is 0. The van der Waals surface area contributed by atoms with Crippen LogP contribution in [0.5, 0.6) is 0 Å². The second-order valence-corrected chi connectivity index (χ2v) is 10.5. The molecule has 0 amide bonds. The van der Waals surface area contributed by atoms with Crippen molar-refractivity contribution in [2.24, 2.45) is 10.8 Å². The summed E-state index contributed by atoms with van der Waals surface area (Å²) in [6.45, 7) is 7.68. The third-order valence-corrected chi connectivity index (χ3v) is 6.53. The van der Waals surface area contributed by atoms with Crippen molar-refractivity contribution in [3.63, 3.8) is 0 Å². The Bertz CT molecular complexity index is 922. The zero-order valence-corrected chi connectivity index (χ0v) is 20.4. The maximum absolute atomic E-state index is 12.6. The maximum atomic E-state index is 12.6. The Morgan fingerprint density at radius 2 is 1.24 bits per heavy atom. The summed E-state index contributed by atoms with van der Waals surface area (Å²) in [6, 6.07) is 0. The lowest BCUT2D eigenvalue weighted by molar-refractivity contribution is -0.147. The van der Waals surface area contributed by atoms with Crippen LogP contribution in [0.2, 0.25) is 0 Å². The Balaban J connectivity index is 1.74. The van der Waals surface area contributed by atoms with Gasteiger partial charge in [-0.15, -0.1) is 0 Å². The third-order valence-electron chi connectivity index (χ3n) is 6.53. The molecular formula is C28H38O5. The van der Waals surface area contributed by atoms with E-state index in [1.807, 2.05) is 32.1 Å².